The summed E-state index contributed by atoms with van der Waals surface area (Å²) in [7, 11) is 0. The Bertz CT molecular complexity index is 901. The number of benzene rings is 3. The third-order valence-electron chi connectivity index (χ3n) is 4.85. The van der Waals surface area contributed by atoms with Gasteiger partial charge in [-0.15, -0.1) is 0 Å². The lowest BCUT2D eigenvalue weighted by atomic mass is 9.95. The molecule has 0 radical (unpaired) electrons. The smallest absolute Gasteiger partial charge is 0.258 e. The minimum absolute atomic E-state index is 0.0176. The van der Waals surface area contributed by atoms with E-state index in [0.29, 0.717) is 11.7 Å². The summed E-state index contributed by atoms with van der Waals surface area (Å²) in [6, 6.07) is 25.8. The summed E-state index contributed by atoms with van der Waals surface area (Å²) in [6.07, 6.45) is 0. The fourth-order valence-corrected chi connectivity index (χ4v) is 3.20. The van der Waals surface area contributed by atoms with Crippen LogP contribution in [-0.2, 0) is 4.79 Å². The SMILES string of the molecule is Cc1ccccc1[C@H](NC(=O)COc1ccc(C(C)C)cc1)c1ccccc1. The van der Waals surface area contributed by atoms with Crippen molar-refractivity contribution in [2.24, 2.45) is 0 Å². The van der Waals surface area contributed by atoms with E-state index in [1.54, 1.807) is 0 Å². The van der Waals surface area contributed by atoms with E-state index in [1.165, 1.54) is 5.56 Å². The standard InChI is InChI=1S/C25H27NO2/c1-18(2)20-13-15-22(16-14-20)28-17-24(27)26-25(21-10-5-4-6-11-21)23-12-8-7-9-19(23)3/h4-16,18,25H,17H2,1-3H3,(H,26,27)/t25-/m1/s1. The van der Waals surface area contributed by atoms with Gasteiger partial charge >= 0.3 is 0 Å². The molecule has 28 heavy (non-hydrogen) atoms. The second-order valence-electron chi connectivity index (χ2n) is 7.28. The van der Waals surface area contributed by atoms with E-state index in [1.807, 2.05) is 66.7 Å². The number of hydrogen-bond acceptors (Lipinski definition) is 2. The second kappa shape index (κ2) is 9.23. The summed E-state index contributed by atoms with van der Waals surface area (Å²) in [5.41, 5.74) is 4.53. The Morgan fingerprint density at radius 2 is 1.50 bits per heavy atom. The lowest BCUT2D eigenvalue weighted by molar-refractivity contribution is -0.123. The molecule has 0 aliphatic carbocycles. The van der Waals surface area contributed by atoms with E-state index >= 15 is 0 Å². The van der Waals surface area contributed by atoms with Crippen LogP contribution in [0.2, 0.25) is 0 Å². The Morgan fingerprint density at radius 1 is 0.857 bits per heavy atom. The molecule has 3 heteroatoms. The molecule has 3 rings (SSSR count). The molecule has 0 spiro atoms. The van der Waals surface area contributed by atoms with E-state index in [2.05, 4.69) is 38.2 Å². The Balaban J connectivity index is 1.70. The van der Waals surface area contributed by atoms with Gasteiger partial charge in [0, 0.05) is 0 Å². The number of hydrogen-bond donors (Lipinski definition) is 1. The number of carbonyl (C=O) groups is 1. The molecule has 0 saturated heterocycles. The van der Waals surface area contributed by atoms with Crippen molar-refractivity contribution < 1.29 is 9.53 Å². The van der Waals surface area contributed by atoms with Crippen LogP contribution in [0.15, 0.2) is 78.9 Å². The summed E-state index contributed by atoms with van der Waals surface area (Å²) >= 11 is 0. The third-order valence-corrected chi connectivity index (χ3v) is 4.85. The Morgan fingerprint density at radius 3 is 2.14 bits per heavy atom. The predicted molar refractivity (Wildman–Crippen MR) is 114 cm³/mol. The zero-order valence-electron chi connectivity index (χ0n) is 16.7. The minimum atomic E-state index is -0.207. The van der Waals surface area contributed by atoms with Crippen molar-refractivity contribution in [3.8, 4) is 5.75 Å². The predicted octanol–water partition coefficient (Wildman–Crippen LogP) is 5.40. The third kappa shape index (κ3) is 5.01. The van der Waals surface area contributed by atoms with Gasteiger partial charge in [-0.05, 0) is 47.2 Å². The minimum Gasteiger partial charge on any atom is -0.484 e. The summed E-state index contributed by atoms with van der Waals surface area (Å²) < 4.78 is 5.69. The molecule has 0 bridgehead atoms. The fraction of sp³-hybridized carbons (Fsp3) is 0.240. The molecule has 0 aliphatic rings. The van der Waals surface area contributed by atoms with Gasteiger partial charge < -0.3 is 10.1 Å². The summed E-state index contributed by atoms with van der Waals surface area (Å²) in [6.45, 7) is 6.34. The fourth-order valence-electron chi connectivity index (χ4n) is 3.20. The van der Waals surface area contributed by atoms with Crippen molar-refractivity contribution in [2.75, 3.05) is 6.61 Å². The largest absolute Gasteiger partial charge is 0.484 e. The first-order chi connectivity index (χ1) is 13.5. The maximum atomic E-state index is 12.6. The molecule has 0 unspecified atom stereocenters. The van der Waals surface area contributed by atoms with Crippen LogP contribution in [0.4, 0.5) is 0 Å². The highest BCUT2D eigenvalue weighted by Crippen LogP contribution is 2.25. The second-order valence-corrected chi connectivity index (χ2v) is 7.28. The molecular weight excluding hydrogens is 346 g/mol. The summed E-state index contributed by atoms with van der Waals surface area (Å²) in [4.78, 5) is 12.6. The highest BCUT2D eigenvalue weighted by molar-refractivity contribution is 5.78. The summed E-state index contributed by atoms with van der Waals surface area (Å²) in [5, 5.41) is 3.13. The molecule has 1 atom stereocenters. The number of aryl methyl sites for hydroxylation is 1. The Labute approximate surface area is 167 Å². The van der Waals surface area contributed by atoms with Gasteiger partial charge in [-0.25, -0.2) is 0 Å². The Kier molecular flexibility index (Phi) is 6.49. The maximum Gasteiger partial charge on any atom is 0.258 e. The highest BCUT2D eigenvalue weighted by atomic mass is 16.5. The molecule has 0 saturated carbocycles. The van der Waals surface area contributed by atoms with E-state index in [0.717, 1.165) is 16.7 Å². The number of ether oxygens (including phenoxy) is 1. The average Bonchev–Trinajstić information content (AvgIpc) is 2.72. The molecule has 0 aliphatic heterocycles. The number of carbonyl (C=O) groups excluding carboxylic acids is 1. The molecule has 1 N–H and O–H groups in total. The van der Waals surface area contributed by atoms with Gasteiger partial charge in [0.2, 0.25) is 0 Å². The van der Waals surface area contributed by atoms with Gasteiger partial charge in [-0.1, -0.05) is 80.6 Å². The zero-order chi connectivity index (χ0) is 19.9. The first kappa shape index (κ1) is 19.7. The van der Waals surface area contributed by atoms with E-state index < -0.39 is 0 Å². The lowest BCUT2D eigenvalue weighted by Gasteiger charge is -2.22. The number of nitrogens with one attached hydrogen (secondary N) is 1. The first-order valence-corrected chi connectivity index (χ1v) is 9.67. The van der Waals surface area contributed by atoms with Crippen LogP contribution in [0.3, 0.4) is 0 Å². The molecule has 3 nitrogen and oxygen atoms in total. The van der Waals surface area contributed by atoms with Gasteiger partial charge in [0.05, 0.1) is 6.04 Å². The molecular formula is C25H27NO2. The van der Waals surface area contributed by atoms with E-state index in [-0.39, 0.29) is 18.6 Å². The van der Waals surface area contributed by atoms with Crippen LogP contribution < -0.4 is 10.1 Å². The van der Waals surface area contributed by atoms with Crippen molar-refractivity contribution in [2.45, 2.75) is 32.7 Å². The van der Waals surface area contributed by atoms with E-state index in [4.69, 9.17) is 4.74 Å². The van der Waals surface area contributed by atoms with Crippen molar-refractivity contribution >= 4 is 5.91 Å². The van der Waals surface area contributed by atoms with Crippen LogP contribution in [0, 0.1) is 6.92 Å². The molecule has 0 fully saturated rings. The molecule has 0 aromatic heterocycles. The van der Waals surface area contributed by atoms with Crippen LogP contribution in [0.5, 0.6) is 5.75 Å². The zero-order valence-corrected chi connectivity index (χ0v) is 16.7. The maximum absolute atomic E-state index is 12.6. The van der Waals surface area contributed by atoms with E-state index in [9.17, 15) is 4.79 Å². The van der Waals surface area contributed by atoms with Crippen molar-refractivity contribution in [1.82, 2.24) is 5.32 Å². The quantitative estimate of drug-likeness (QED) is 0.602. The van der Waals surface area contributed by atoms with Gasteiger partial charge in [-0.2, -0.15) is 0 Å². The van der Waals surface area contributed by atoms with Crippen molar-refractivity contribution in [1.29, 1.82) is 0 Å². The highest BCUT2D eigenvalue weighted by Gasteiger charge is 2.18. The topological polar surface area (TPSA) is 38.3 Å². The van der Waals surface area contributed by atoms with Gasteiger partial charge in [0.25, 0.3) is 5.91 Å². The Hall–Kier alpha value is -3.07. The number of amides is 1. The molecule has 144 valence electrons. The number of rotatable bonds is 7. The molecule has 3 aromatic carbocycles. The lowest BCUT2D eigenvalue weighted by Crippen LogP contribution is -2.33. The van der Waals surface area contributed by atoms with Crippen molar-refractivity contribution in [3.63, 3.8) is 0 Å². The van der Waals surface area contributed by atoms with Crippen molar-refractivity contribution in [3.05, 3.63) is 101 Å². The monoisotopic (exact) mass is 373 g/mol. The molecule has 3 aromatic rings. The van der Waals surface area contributed by atoms with Gasteiger partial charge in [0.1, 0.15) is 5.75 Å². The summed E-state index contributed by atoms with van der Waals surface area (Å²) in [5.74, 6) is 1.02. The molecule has 0 heterocycles. The van der Waals surface area contributed by atoms with Crippen LogP contribution in [-0.4, -0.2) is 12.5 Å². The first-order valence-electron chi connectivity index (χ1n) is 9.67. The van der Waals surface area contributed by atoms with Gasteiger partial charge in [0.15, 0.2) is 6.61 Å². The normalized spacial score (nSPS) is 11.9. The van der Waals surface area contributed by atoms with Crippen LogP contribution >= 0.6 is 0 Å². The van der Waals surface area contributed by atoms with Crippen LogP contribution in [0.1, 0.15) is 48.1 Å². The van der Waals surface area contributed by atoms with Crippen LogP contribution in [0.25, 0.3) is 0 Å². The van der Waals surface area contributed by atoms with Gasteiger partial charge in [-0.3, -0.25) is 4.79 Å². The average molecular weight is 373 g/mol. The molecule has 1 amide bonds.